The molecule has 1 aromatic rings. The summed E-state index contributed by atoms with van der Waals surface area (Å²) in [5, 5.41) is 3.35. The smallest absolute Gasteiger partial charge is 0.312 e. The Bertz CT molecular complexity index is 807. The van der Waals surface area contributed by atoms with Gasteiger partial charge in [0.15, 0.2) is 0 Å². The van der Waals surface area contributed by atoms with E-state index in [-0.39, 0.29) is 48.2 Å². The summed E-state index contributed by atoms with van der Waals surface area (Å²) in [4.78, 5) is 30.0. The van der Waals surface area contributed by atoms with E-state index in [4.69, 9.17) is 4.74 Å². The summed E-state index contributed by atoms with van der Waals surface area (Å²) in [7, 11) is 0. The van der Waals surface area contributed by atoms with Crippen LogP contribution in [0.5, 0.6) is 0 Å². The van der Waals surface area contributed by atoms with E-state index in [2.05, 4.69) is 39.4 Å². The van der Waals surface area contributed by atoms with Gasteiger partial charge in [-0.25, -0.2) is 0 Å². The molecule has 0 aliphatic carbocycles. The summed E-state index contributed by atoms with van der Waals surface area (Å²) >= 11 is 0. The van der Waals surface area contributed by atoms with Gasteiger partial charge in [-0.3, -0.25) is 14.5 Å². The molecule has 178 valence electrons. The maximum atomic E-state index is 13.1. The van der Waals surface area contributed by atoms with Gasteiger partial charge in [0.2, 0.25) is 5.91 Å². The fraction of sp³-hybridized carbons (Fsp3) is 0.667. The van der Waals surface area contributed by atoms with Crippen LogP contribution in [0.2, 0.25) is 0 Å². The molecular formula is C24H35Cl2N3O3. The van der Waals surface area contributed by atoms with Crippen molar-refractivity contribution in [3.05, 3.63) is 35.4 Å². The molecule has 8 heteroatoms. The molecule has 1 unspecified atom stereocenters. The number of piperidine rings is 2. The number of cyclic esters (lactones) is 1. The van der Waals surface area contributed by atoms with Crippen LogP contribution < -0.4 is 5.32 Å². The number of hydrogen-bond donors (Lipinski definition) is 1. The molecule has 0 aromatic heterocycles. The lowest BCUT2D eigenvalue weighted by Crippen LogP contribution is -2.45. The Labute approximate surface area is 203 Å². The first-order chi connectivity index (χ1) is 14.6. The summed E-state index contributed by atoms with van der Waals surface area (Å²) in [6.07, 6.45) is 5.46. The Hall–Kier alpha value is -1.34. The van der Waals surface area contributed by atoms with Gasteiger partial charge in [-0.15, -0.1) is 24.8 Å². The zero-order valence-electron chi connectivity index (χ0n) is 18.6. The molecule has 3 fully saturated rings. The van der Waals surface area contributed by atoms with Gasteiger partial charge < -0.3 is 15.0 Å². The number of ether oxygens (including phenoxy) is 1. The van der Waals surface area contributed by atoms with E-state index in [1.807, 2.05) is 0 Å². The van der Waals surface area contributed by atoms with E-state index in [1.54, 1.807) is 0 Å². The summed E-state index contributed by atoms with van der Waals surface area (Å²) < 4.78 is 5.78. The van der Waals surface area contributed by atoms with Crippen LogP contribution in [0.3, 0.4) is 0 Å². The molecule has 1 aromatic carbocycles. The lowest BCUT2D eigenvalue weighted by atomic mass is 9.76. The Kier molecular flexibility index (Phi) is 8.48. The Morgan fingerprint density at radius 3 is 2.47 bits per heavy atom. The van der Waals surface area contributed by atoms with Gasteiger partial charge in [-0.1, -0.05) is 24.3 Å². The number of hydrogen-bond acceptors (Lipinski definition) is 5. The number of amides is 1. The maximum Gasteiger partial charge on any atom is 0.312 e. The van der Waals surface area contributed by atoms with Crippen molar-refractivity contribution in [1.82, 2.24) is 15.1 Å². The second-order valence-corrected chi connectivity index (χ2v) is 9.62. The zero-order chi connectivity index (χ0) is 20.6. The molecule has 0 bridgehead atoms. The topological polar surface area (TPSA) is 61.9 Å². The highest BCUT2D eigenvalue weighted by Gasteiger charge is 2.49. The minimum Gasteiger partial charge on any atom is -0.461 e. The van der Waals surface area contributed by atoms with Crippen LogP contribution in [0.25, 0.3) is 0 Å². The molecule has 0 radical (unpaired) electrons. The summed E-state index contributed by atoms with van der Waals surface area (Å²) in [6.45, 7) is 6.08. The molecule has 32 heavy (non-hydrogen) atoms. The predicted molar refractivity (Wildman–Crippen MR) is 128 cm³/mol. The Balaban J connectivity index is 0.00000144. The molecule has 1 atom stereocenters. The third kappa shape index (κ3) is 5.09. The van der Waals surface area contributed by atoms with Gasteiger partial charge >= 0.3 is 5.97 Å². The average Bonchev–Trinajstić information content (AvgIpc) is 3.07. The number of likely N-dealkylation sites (tertiary alicyclic amines) is 1. The fourth-order valence-corrected chi connectivity index (χ4v) is 5.85. The van der Waals surface area contributed by atoms with E-state index in [1.165, 1.54) is 11.1 Å². The lowest BCUT2D eigenvalue weighted by Gasteiger charge is -2.36. The molecule has 3 saturated heterocycles. The first-order valence-corrected chi connectivity index (χ1v) is 11.6. The molecule has 4 aliphatic rings. The largest absolute Gasteiger partial charge is 0.461 e. The van der Waals surface area contributed by atoms with Crippen molar-refractivity contribution >= 4 is 36.7 Å². The van der Waals surface area contributed by atoms with Gasteiger partial charge in [-0.2, -0.15) is 0 Å². The lowest BCUT2D eigenvalue weighted by molar-refractivity contribution is -0.150. The van der Waals surface area contributed by atoms with E-state index in [0.29, 0.717) is 5.91 Å². The van der Waals surface area contributed by atoms with Crippen molar-refractivity contribution in [2.24, 2.45) is 11.3 Å². The molecule has 1 amide bonds. The van der Waals surface area contributed by atoms with Crippen LogP contribution in [0, 0.1) is 11.3 Å². The number of carbonyl (C=O) groups excluding carboxylic acids is 2. The van der Waals surface area contributed by atoms with Crippen LogP contribution in [-0.4, -0.2) is 67.0 Å². The van der Waals surface area contributed by atoms with Gasteiger partial charge in [0.1, 0.15) is 6.10 Å². The van der Waals surface area contributed by atoms with Crippen molar-refractivity contribution in [3.63, 3.8) is 0 Å². The average molecular weight is 484 g/mol. The molecule has 4 heterocycles. The number of esters is 1. The number of benzene rings is 1. The van der Waals surface area contributed by atoms with Crippen LogP contribution in [-0.2, 0) is 27.3 Å². The maximum absolute atomic E-state index is 13.1. The second-order valence-electron chi connectivity index (χ2n) is 9.62. The van der Waals surface area contributed by atoms with Crippen LogP contribution in [0.1, 0.15) is 43.2 Å². The van der Waals surface area contributed by atoms with Crippen molar-refractivity contribution < 1.29 is 14.3 Å². The van der Waals surface area contributed by atoms with Crippen molar-refractivity contribution in [2.75, 3.05) is 39.3 Å². The second kappa shape index (κ2) is 10.7. The first-order valence-electron chi connectivity index (χ1n) is 11.6. The predicted octanol–water partition coefficient (Wildman–Crippen LogP) is 2.81. The standard InChI is InChI=1S/C24H33N3O3.2ClH/c28-22(27-14-7-18-3-1-2-4-20(18)16-27)19-5-12-26(13-6-19)17-21-15-24(23(29)30-21)8-10-25-11-9-24;;/h1-4,19,21,25H,5-17H2;2*1H. The van der Waals surface area contributed by atoms with Crippen LogP contribution in [0.15, 0.2) is 24.3 Å². The van der Waals surface area contributed by atoms with Crippen molar-refractivity contribution in [1.29, 1.82) is 0 Å². The van der Waals surface area contributed by atoms with Crippen molar-refractivity contribution in [3.8, 4) is 0 Å². The van der Waals surface area contributed by atoms with Crippen LogP contribution in [0.4, 0.5) is 0 Å². The number of fused-ring (bicyclic) bond motifs is 1. The molecule has 0 saturated carbocycles. The fourth-order valence-electron chi connectivity index (χ4n) is 5.85. The third-order valence-corrected chi connectivity index (χ3v) is 7.73. The summed E-state index contributed by atoms with van der Waals surface area (Å²) in [5.74, 6) is 0.475. The number of rotatable bonds is 3. The number of nitrogens with one attached hydrogen (secondary N) is 1. The Morgan fingerprint density at radius 2 is 1.75 bits per heavy atom. The molecule has 4 aliphatic heterocycles. The monoisotopic (exact) mass is 483 g/mol. The zero-order valence-corrected chi connectivity index (χ0v) is 20.2. The molecule has 5 rings (SSSR count). The molecule has 1 spiro atoms. The first kappa shape index (κ1) is 25.3. The van der Waals surface area contributed by atoms with Gasteiger partial charge in [-0.05, 0) is 69.4 Å². The minimum atomic E-state index is -0.241. The minimum absolute atomic E-state index is 0. The van der Waals surface area contributed by atoms with E-state index in [0.717, 1.165) is 84.3 Å². The van der Waals surface area contributed by atoms with E-state index < -0.39 is 0 Å². The number of carbonyl (C=O) groups is 2. The molecular weight excluding hydrogens is 449 g/mol. The highest BCUT2D eigenvalue weighted by molar-refractivity contribution is 5.85. The highest BCUT2D eigenvalue weighted by Crippen LogP contribution is 2.42. The SMILES string of the molecule is Cl.Cl.O=C(C1CCN(CC2CC3(CCNCC3)C(=O)O2)CC1)N1CCc2ccccc2C1. The molecule has 6 nitrogen and oxygen atoms in total. The van der Waals surface area contributed by atoms with E-state index >= 15 is 0 Å². The number of nitrogens with zero attached hydrogens (tertiary/aromatic N) is 2. The van der Waals surface area contributed by atoms with E-state index in [9.17, 15) is 9.59 Å². The normalized spacial score (nSPS) is 25.4. The van der Waals surface area contributed by atoms with Gasteiger partial charge in [0.25, 0.3) is 0 Å². The molecule has 1 N–H and O–H groups in total. The summed E-state index contributed by atoms with van der Waals surface area (Å²) in [5.41, 5.74) is 2.44. The quantitative estimate of drug-likeness (QED) is 0.669. The van der Waals surface area contributed by atoms with Crippen LogP contribution >= 0.6 is 24.8 Å². The third-order valence-electron chi connectivity index (χ3n) is 7.73. The van der Waals surface area contributed by atoms with Crippen molar-refractivity contribution in [2.45, 2.75) is 51.2 Å². The number of halogens is 2. The highest BCUT2D eigenvalue weighted by atomic mass is 35.5. The van der Waals surface area contributed by atoms with Gasteiger partial charge in [0.05, 0.1) is 5.41 Å². The van der Waals surface area contributed by atoms with Gasteiger partial charge in [0, 0.05) is 32.0 Å². The Morgan fingerprint density at radius 1 is 1.06 bits per heavy atom. The summed E-state index contributed by atoms with van der Waals surface area (Å²) in [6, 6.07) is 8.48.